The molecule has 2 fully saturated rings. The summed E-state index contributed by atoms with van der Waals surface area (Å²) in [6, 6.07) is 0. The minimum absolute atomic E-state index is 0.537. The molecule has 0 amide bonds. The molecule has 100 valence electrons. The number of nitrogens with one attached hydrogen (secondary N) is 1. The van der Waals surface area contributed by atoms with Crippen LogP contribution in [0.1, 0.15) is 58.8 Å². The molecule has 0 atom stereocenters. The lowest BCUT2D eigenvalue weighted by molar-refractivity contribution is -0.00379. The summed E-state index contributed by atoms with van der Waals surface area (Å²) in [7, 11) is 0. The largest absolute Gasteiger partial charge is 0.317 e. The SMILES string of the molecule is CCN(CC)C1(C2CCCCC2)CCNCC1. The Bertz CT molecular complexity index is 211. The van der Waals surface area contributed by atoms with Crippen LogP contribution in [0.3, 0.4) is 0 Å². The van der Waals surface area contributed by atoms with E-state index in [1.54, 1.807) is 0 Å². The maximum Gasteiger partial charge on any atom is 0.0261 e. The number of nitrogens with zero attached hydrogens (tertiary/aromatic N) is 1. The average molecular weight is 238 g/mol. The first-order valence-corrected chi connectivity index (χ1v) is 7.79. The smallest absolute Gasteiger partial charge is 0.0261 e. The molecule has 0 aromatic carbocycles. The zero-order chi connectivity index (χ0) is 12.1. The first kappa shape index (κ1) is 13.4. The lowest BCUT2D eigenvalue weighted by Crippen LogP contribution is -2.59. The van der Waals surface area contributed by atoms with E-state index in [-0.39, 0.29) is 0 Å². The average Bonchev–Trinajstić information content (AvgIpc) is 2.42. The van der Waals surface area contributed by atoms with Crippen molar-refractivity contribution in [3.8, 4) is 0 Å². The Morgan fingerprint density at radius 3 is 2.12 bits per heavy atom. The van der Waals surface area contributed by atoms with Gasteiger partial charge in [0.1, 0.15) is 0 Å². The summed E-state index contributed by atoms with van der Waals surface area (Å²) >= 11 is 0. The van der Waals surface area contributed by atoms with Crippen LogP contribution in [-0.4, -0.2) is 36.6 Å². The van der Waals surface area contributed by atoms with Crippen molar-refractivity contribution in [3.63, 3.8) is 0 Å². The predicted molar refractivity (Wildman–Crippen MR) is 74.3 cm³/mol. The van der Waals surface area contributed by atoms with E-state index in [4.69, 9.17) is 0 Å². The molecular weight excluding hydrogens is 208 g/mol. The number of rotatable bonds is 4. The molecule has 2 aliphatic rings. The molecule has 1 saturated carbocycles. The summed E-state index contributed by atoms with van der Waals surface area (Å²) in [5.41, 5.74) is 0.537. The highest BCUT2D eigenvalue weighted by Crippen LogP contribution is 2.41. The zero-order valence-electron chi connectivity index (χ0n) is 11.8. The summed E-state index contributed by atoms with van der Waals surface area (Å²) in [6.45, 7) is 9.60. The molecule has 1 N–H and O–H groups in total. The summed E-state index contributed by atoms with van der Waals surface area (Å²) in [4.78, 5) is 2.78. The van der Waals surface area contributed by atoms with E-state index in [1.165, 1.54) is 71.1 Å². The van der Waals surface area contributed by atoms with Crippen LogP contribution in [0.4, 0.5) is 0 Å². The minimum Gasteiger partial charge on any atom is -0.317 e. The molecule has 2 heteroatoms. The Morgan fingerprint density at radius 1 is 1.00 bits per heavy atom. The molecule has 1 heterocycles. The van der Waals surface area contributed by atoms with Crippen LogP contribution < -0.4 is 5.32 Å². The Hall–Kier alpha value is -0.0800. The van der Waals surface area contributed by atoms with Gasteiger partial charge in [0.15, 0.2) is 0 Å². The molecule has 17 heavy (non-hydrogen) atoms. The first-order chi connectivity index (χ1) is 8.33. The van der Waals surface area contributed by atoms with Crippen LogP contribution in [0, 0.1) is 5.92 Å². The van der Waals surface area contributed by atoms with Gasteiger partial charge >= 0.3 is 0 Å². The van der Waals surface area contributed by atoms with Crippen LogP contribution in [0.15, 0.2) is 0 Å². The summed E-state index contributed by atoms with van der Waals surface area (Å²) < 4.78 is 0. The molecule has 2 nitrogen and oxygen atoms in total. The van der Waals surface area contributed by atoms with Gasteiger partial charge in [-0.15, -0.1) is 0 Å². The van der Waals surface area contributed by atoms with Crippen molar-refractivity contribution in [2.75, 3.05) is 26.2 Å². The highest BCUT2D eigenvalue weighted by molar-refractivity contribution is 4.99. The fourth-order valence-corrected chi connectivity index (χ4v) is 4.34. The molecule has 0 unspecified atom stereocenters. The topological polar surface area (TPSA) is 15.3 Å². The molecule has 2 rings (SSSR count). The maximum absolute atomic E-state index is 3.55. The maximum atomic E-state index is 3.55. The van der Waals surface area contributed by atoms with Gasteiger partial charge in [-0.2, -0.15) is 0 Å². The van der Waals surface area contributed by atoms with Gasteiger partial charge in [0.05, 0.1) is 0 Å². The van der Waals surface area contributed by atoms with Gasteiger partial charge < -0.3 is 5.32 Å². The second-order valence-electron chi connectivity index (χ2n) is 5.86. The molecule has 1 saturated heterocycles. The molecule has 1 aliphatic heterocycles. The Morgan fingerprint density at radius 2 is 1.59 bits per heavy atom. The second kappa shape index (κ2) is 6.19. The van der Waals surface area contributed by atoms with E-state index >= 15 is 0 Å². The number of piperidine rings is 1. The fourth-order valence-electron chi connectivity index (χ4n) is 4.34. The van der Waals surface area contributed by atoms with Gasteiger partial charge in [0, 0.05) is 5.54 Å². The van der Waals surface area contributed by atoms with E-state index in [0.29, 0.717) is 5.54 Å². The van der Waals surface area contributed by atoms with Crippen molar-refractivity contribution >= 4 is 0 Å². The van der Waals surface area contributed by atoms with Crippen molar-refractivity contribution in [1.82, 2.24) is 10.2 Å². The molecule has 0 aromatic heterocycles. The van der Waals surface area contributed by atoms with Crippen LogP contribution in [-0.2, 0) is 0 Å². The van der Waals surface area contributed by atoms with E-state index in [1.807, 2.05) is 0 Å². The van der Waals surface area contributed by atoms with Crippen LogP contribution in [0.25, 0.3) is 0 Å². The van der Waals surface area contributed by atoms with Crippen LogP contribution in [0.2, 0.25) is 0 Å². The van der Waals surface area contributed by atoms with Crippen molar-refractivity contribution in [2.24, 2.45) is 5.92 Å². The fraction of sp³-hybridized carbons (Fsp3) is 1.00. The predicted octanol–water partition coefficient (Wildman–Crippen LogP) is 3.03. The second-order valence-corrected chi connectivity index (χ2v) is 5.86. The third-order valence-corrected chi connectivity index (χ3v) is 5.23. The lowest BCUT2D eigenvalue weighted by Gasteiger charge is -2.52. The van der Waals surface area contributed by atoms with Crippen LogP contribution in [0.5, 0.6) is 0 Å². The quantitative estimate of drug-likeness (QED) is 0.810. The molecule has 0 bridgehead atoms. The van der Waals surface area contributed by atoms with Gasteiger partial charge in [-0.1, -0.05) is 33.1 Å². The van der Waals surface area contributed by atoms with Crippen molar-refractivity contribution in [1.29, 1.82) is 0 Å². The monoisotopic (exact) mass is 238 g/mol. The highest BCUT2D eigenvalue weighted by Gasteiger charge is 2.43. The Labute approximate surface area is 107 Å². The van der Waals surface area contributed by atoms with Gasteiger partial charge in [-0.25, -0.2) is 0 Å². The first-order valence-electron chi connectivity index (χ1n) is 7.79. The van der Waals surface area contributed by atoms with Gasteiger partial charge in [0.2, 0.25) is 0 Å². The normalized spacial score (nSPS) is 26.3. The minimum atomic E-state index is 0.537. The van der Waals surface area contributed by atoms with Crippen LogP contribution >= 0.6 is 0 Å². The van der Waals surface area contributed by atoms with Crippen molar-refractivity contribution in [2.45, 2.75) is 64.3 Å². The number of hydrogen-bond donors (Lipinski definition) is 1. The van der Waals surface area contributed by atoms with Gasteiger partial charge in [-0.3, -0.25) is 4.90 Å². The van der Waals surface area contributed by atoms with E-state index in [9.17, 15) is 0 Å². The standard InChI is InChI=1S/C15H30N2/c1-3-17(4-2)15(10-12-16-13-11-15)14-8-6-5-7-9-14/h14,16H,3-13H2,1-2H3. The third-order valence-electron chi connectivity index (χ3n) is 5.23. The van der Waals surface area contributed by atoms with E-state index in [0.717, 1.165) is 5.92 Å². The third kappa shape index (κ3) is 2.68. The summed E-state index contributed by atoms with van der Waals surface area (Å²) in [6.07, 6.45) is 10.1. The Balaban J connectivity index is 2.14. The van der Waals surface area contributed by atoms with E-state index < -0.39 is 0 Å². The van der Waals surface area contributed by atoms with Crippen molar-refractivity contribution in [3.05, 3.63) is 0 Å². The van der Waals surface area contributed by atoms with E-state index in [2.05, 4.69) is 24.1 Å². The van der Waals surface area contributed by atoms with Crippen molar-refractivity contribution < 1.29 is 0 Å². The molecule has 1 aliphatic carbocycles. The zero-order valence-corrected chi connectivity index (χ0v) is 11.8. The molecule has 0 aromatic rings. The molecule has 0 spiro atoms. The molecular formula is C15H30N2. The molecule has 0 radical (unpaired) electrons. The van der Waals surface area contributed by atoms with Gasteiger partial charge in [-0.05, 0) is 57.8 Å². The Kier molecular flexibility index (Phi) is 4.87. The number of hydrogen-bond acceptors (Lipinski definition) is 2. The highest BCUT2D eigenvalue weighted by atomic mass is 15.2. The van der Waals surface area contributed by atoms with Gasteiger partial charge in [0.25, 0.3) is 0 Å². The lowest BCUT2D eigenvalue weighted by atomic mass is 9.69. The summed E-state index contributed by atoms with van der Waals surface area (Å²) in [5.74, 6) is 0.971. The summed E-state index contributed by atoms with van der Waals surface area (Å²) in [5, 5.41) is 3.55.